The summed E-state index contributed by atoms with van der Waals surface area (Å²) in [4.78, 5) is 14.3. The Bertz CT molecular complexity index is 381. The van der Waals surface area contributed by atoms with Gasteiger partial charge in [0.05, 0.1) is 5.56 Å². The molecule has 0 bridgehead atoms. The molecule has 1 amide bonds. The summed E-state index contributed by atoms with van der Waals surface area (Å²) in [6.07, 6.45) is 3.63. The SMILES string of the molecule is CCN(C(=O)c1coc(C)c1)C1CCNCC1. The summed E-state index contributed by atoms with van der Waals surface area (Å²) in [6, 6.07) is 2.18. The van der Waals surface area contributed by atoms with Crippen LogP contribution in [0.4, 0.5) is 0 Å². The average Bonchev–Trinajstić information content (AvgIpc) is 2.78. The molecule has 1 aliphatic rings. The third kappa shape index (κ3) is 2.69. The maximum atomic E-state index is 12.3. The summed E-state index contributed by atoms with van der Waals surface area (Å²) >= 11 is 0. The van der Waals surface area contributed by atoms with Crippen molar-refractivity contribution < 1.29 is 9.21 Å². The van der Waals surface area contributed by atoms with Gasteiger partial charge in [-0.05, 0) is 45.8 Å². The number of furan rings is 1. The van der Waals surface area contributed by atoms with Crippen molar-refractivity contribution in [1.29, 1.82) is 0 Å². The molecule has 0 saturated carbocycles. The summed E-state index contributed by atoms with van der Waals surface area (Å²) in [5, 5.41) is 3.32. The Labute approximate surface area is 102 Å². The highest BCUT2D eigenvalue weighted by molar-refractivity contribution is 5.94. The number of carbonyl (C=O) groups is 1. The van der Waals surface area contributed by atoms with E-state index in [0.717, 1.165) is 38.2 Å². The number of carbonyl (C=O) groups excluding carboxylic acids is 1. The maximum Gasteiger partial charge on any atom is 0.257 e. The highest BCUT2D eigenvalue weighted by Crippen LogP contribution is 2.16. The second-order valence-corrected chi connectivity index (χ2v) is 4.52. The molecule has 0 aromatic carbocycles. The van der Waals surface area contributed by atoms with Crippen LogP contribution in [0.2, 0.25) is 0 Å². The van der Waals surface area contributed by atoms with Gasteiger partial charge in [-0.1, -0.05) is 0 Å². The van der Waals surface area contributed by atoms with E-state index in [4.69, 9.17) is 4.42 Å². The van der Waals surface area contributed by atoms with Gasteiger partial charge in [0, 0.05) is 12.6 Å². The highest BCUT2D eigenvalue weighted by atomic mass is 16.3. The van der Waals surface area contributed by atoms with Gasteiger partial charge < -0.3 is 14.6 Å². The van der Waals surface area contributed by atoms with Gasteiger partial charge in [0.25, 0.3) is 5.91 Å². The van der Waals surface area contributed by atoms with Crippen molar-refractivity contribution >= 4 is 5.91 Å². The van der Waals surface area contributed by atoms with E-state index >= 15 is 0 Å². The van der Waals surface area contributed by atoms with Crippen LogP contribution in [0, 0.1) is 6.92 Å². The molecule has 2 rings (SSSR count). The molecule has 4 heteroatoms. The molecule has 94 valence electrons. The lowest BCUT2D eigenvalue weighted by atomic mass is 10.0. The molecule has 17 heavy (non-hydrogen) atoms. The minimum absolute atomic E-state index is 0.0938. The van der Waals surface area contributed by atoms with Gasteiger partial charge in [0.15, 0.2) is 0 Å². The lowest BCUT2D eigenvalue weighted by molar-refractivity contribution is 0.0655. The summed E-state index contributed by atoms with van der Waals surface area (Å²) in [6.45, 7) is 6.65. The van der Waals surface area contributed by atoms with Crippen LogP contribution < -0.4 is 5.32 Å². The van der Waals surface area contributed by atoms with E-state index in [1.165, 1.54) is 0 Å². The molecule has 1 N–H and O–H groups in total. The molecule has 4 nitrogen and oxygen atoms in total. The van der Waals surface area contributed by atoms with Crippen LogP contribution in [0.25, 0.3) is 0 Å². The van der Waals surface area contributed by atoms with Crippen molar-refractivity contribution in [3.05, 3.63) is 23.7 Å². The first kappa shape index (κ1) is 12.2. The predicted octanol–water partition coefficient (Wildman–Crippen LogP) is 1.80. The third-order valence-corrected chi connectivity index (χ3v) is 3.33. The van der Waals surface area contributed by atoms with Gasteiger partial charge in [0.1, 0.15) is 12.0 Å². The van der Waals surface area contributed by atoms with Crippen LogP contribution in [0.5, 0.6) is 0 Å². The molecule has 1 aromatic rings. The molecule has 0 radical (unpaired) electrons. The molecule has 1 aromatic heterocycles. The Morgan fingerprint density at radius 3 is 2.76 bits per heavy atom. The first-order valence-corrected chi connectivity index (χ1v) is 6.29. The molecule has 2 heterocycles. The Hall–Kier alpha value is -1.29. The Kier molecular flexibility index (Phi) is 3.84. The Balaban J connectivity index is 2.09. The van der Waals surface area contributed by atoms with E-state index in [1.807, 2.05) is 24.8 Å². The quantitative estimate of drug-likeness (QED) is 0.870. The zero-order chi connectivity index (χ0) is 12.3. The lowest BCUT2D eigenvalue weighted by Crippen LogP contribution is -2.45. The number of rotatable bonds is 3. The van der Waals surface area contributed by atoms with Crippen molar-refractivity contribution in [2.75, 3.05) is 19.6 Å². The first-order valence-electron chi connectivity index (χ1n) is 6.29. The van der Waals surface area contributed by atoms with E-state index in [0.29, 0.717) is 11.6 Å². The summed E-state index contributed by atoms with van der Waals surface area (Å²) in [5.41, 5.74) is 0.669. The fraction of sp³-hybridized carbons (Fsp3) is 0.615. The van der Waals surface area contributed by atoms with E-state index in [9.17, 15) is 4.79 Å². The molecule has 0 atom stereocenters. The number of aryl methyl sites for hydroxylation is 1. The number of nitrogens with one attached hydrogen (secondary N) is 1. The molecular weight excluding hydrogens is 216 g/mol. The number of amides is 1. The van der Waals surface area contributed by atoms with Crippen LogP contribution in [-0.2, 0) is 0 Å². The van der Waals surface area contributed by atoms with Crippen LogP contribution >= 0.6 is 0 Å². The third-order valence-electron chi connectivity index (χ3n) is 3.33. The predicted molar refractivity (Wildman–Crippen MR) is 66.0 cm³/mol. The molecule has 1 saturated heterocycles. The molecule has 1 fully saturated rings. The van der Waals surface area contributed by atoms with Crippen molar-refractivity contribution in [3.63, 3.8) is 0 Å². The minimum atomic E-state index is 0.0938. The van der Waals surface area contributed by atoms with E-state index in [2.05, 4.69) is 5.32 Å². The summed E-state index contributed by atoms with van der Waals surface area (Å²) in [5.74, 6) is 0.881. The number of hydrogen-bond donors (Lipinski definition) is 1. The molecule has 0 unspecified atom stereocenters. The first-order chi connectivity index (χ1) is 8.22. The Morgan fingerprint density at radius 2 is 2.24 bits per heavy atom. The van der Waals surface area contributed by atoms with E-state index in [1.54, 1.807) is 6.26 Å². The normalized spacial score (nSPS) is 17.1. The van der Waals surface area contributed by atoms with E-state index < -0.39 is 0 Å². The van der Waals surface area contributed by atoms with Crippen molar-refractivity contribution in [1.82, 2.24) is 10.2 Å². The maximum absolute atomic E-state index is 12.3. The van der Waals surface area contributed by atoms with E-state index in [-0.39, 0.29) is 5.91 Å². The minimum Gasteiger partial charge on any atom is -0.469 e. The van der Waals surface area contributed by atoms with Crippen LogP contribution in [-0.4, -0.2) is 36.5 Å². The zero-order valence-electron chi connectivity index (χ0n) is 10.5. The van der Waals surface area contributed by atoms with Crippen molar-refractivity contribution in [2.45, 2.75) is 32.7 Å². The van der Waals surface area contributed by atoms with Gasteiger partial charge in [-0.15, -0.1) is 0 Å². The molecule has 1 aliphatic heterocycles. The van der Waals surface area contributed by atoms with Gasteiger partial charge >= 0.3 is 0 Å². The summed E-state index contributed by atoms with van der Waals surface area (Å²) in [7, 11) is 0. The average molecular weight is 236 g/mol. The van der Waals surface area contributed by atoms with Crippen molar-refractivity contribution in [3.8, 4) is 0 Å². The number of hydrogen-bond acceptors (Lipinski definition) is 3. The molecular formula is C13H20N2O2. The van der Waals surface area contributed by atoms with Crippen LogP contribution in [0.1, 0.15) is 35.9 Å². The second kappa shape index (κ2) is 5.36. The smallest absolute Gasteiger partial charge is 0.257 e. The van der Waals surface area contributed by atoms with Crippen molar-refractivity contribution in [2.24, 2.45) is 0 Å². The lowest BCUT2D eigenvalue weighted by Gasteiger charge is -2.33. The van der Waals surface area contributed by atoms with Gasteiger partial charge in [0.2, 0.25) is 0 Å². The summed E-state index contributed by atoms with van der Waals surface area (Å²) < 4.78 is 5.21. The van der Waals surface area contributed by atoms with Crippen LogP contribution in [0.3, 0.4) is 0 Å². The number of nitrogens with zero attached hydrogens (tertiary/aromatic N) is 1. The largest absolute Gasteiger partial charge is 0.469 e. The van der Waals surface area contributed by atoms with Gasteiger partial charge in [-0.25, -0.2) is 0 Å². The Morgan fingerprint density at radius 1 is 1.53 bits per heavy atom. The zero-order valence-corrected chi connectivity index (χ0v) is 10.5. The second-order valence-electron chi connectivity index (χ2n) is 4.52. The highest BCUT2D eigenvalue weighted by Gasteiger charge is 2.25. The monoisotopic (exact) mass is 236 g/mol. The molecule has 0 aliphatic carbocycles. The fourth-order valence-electron chi connectivity index (χ4n) is 2.41. The fourth-order valence-corrected chi connectivity index (χ4v) is 2.41. The molecule has 0 spiro atoms. The van der Waals surface area contributed by atoms with Crippen LogP contribution in [0.15, 0.2) is 16.7 Å². The van der Waals surface area contributed by atoms with Gasteiger partial charge in [-0.3, -0.25) is 4.79 Å². The standard InChI is InChI=1S/C13H20N2O2/c1-3-15(12-4-6-14-7-5-12)13(16)11-8-10(2)17-9-11/h8-9,12,14H,3-7H2,1-2H3. The topological polar surface area (TPSA) is 45.5 Å². The van der Waals surface area contributed by atoms with Gasteiger partial charge in [-0.2, -0.15) is 0 Å². The number of piperidine rings is 1.